The van der Waals surface area contributed by atoms with Crippen LogP contribution in [0.3, 0.4) is 0 Å². The van der Waals surface area contributed by atoms with Crippen LogP contribution in [-0.4, -0.2) is 298 Å². The van der Waals surface area contributed by atoms with Crippen molar-refractivity contribution in [1.82, 2.24) is 0 Å². The average Bonchev–Trinajstić information content (AvgIpc) is 4.28. The van der Waals surface area contributed by atoms with Crippen molar-refractivity contribution in [2.24, 2.45) is 59.2 Å². The van der Waals surface area contributed by atoms with Crippen molar-refractivity contribution in [3.05, 3.63) is 0 Å². The molecule has 10 rings (SSSR count). The van der Waals surface area contributed by atoms with Crippen LogP contribution in [0.25, 0.3) is 0 Å². The Bertz CT molecular complexity index is 1410. The van der Waals surface area contributed by atoms with E-state index in [0.29, 0.717) is 110 Å². The van der Waals surface area contributed by atoms with Crippen LogP contribution < -0.4 is 0 Å². The van der Waals surface area contributed by atoms with Crippen LogP contribution in [0.5, 0.6) is 0 Å². The van der Waals surface area contributed by atoms with Gasteiger partial charge < -0.3 is 0 Å². The molecule has 0 radical (unpaired) electrons. The number of rotatable bonds is 8. The van der Waals surface area contributed by atoms with Crippen LogP contribution in [-0.2, 0) is 35.4 Å². The molecule has 10 aliphatic rings. The first kappa shape index (κ1) is 86.4. The van der Waals surface area contributed by atoms with Gasteiger partial charge in [-0.2, -0.15) is 0 Å². The topological polar surface area (TPSA) is 73.8 Å². The summed E-state index contributed by atoms with van der Waals surface area (Å²) in [4.78, 5) is 0. The zero-order chi connectivity index (χ0) is 60.4. The summed E-state index contributed by atoms with van der Waals surface area (Å²) < 4.78 is 51.6. The third-order valence-electron chi connectivity index (χ3n) is 15.2. The Labute approximate surface area is 588 Å². The van der Waals surface area contributed by atoms with Crippen molar-refractivity contribution >= 4 is 242 Å². The molecule has 28 heteroatoms. The van der Waals surface area contributed by atoms with Crippen LogP contribution in [0.15, 0.2) is 0 Å². The molecule has 0 aromatic rings. The van der Waals surface area contributed by atoms with Crippen LogP contribution in [0.4, 0.5) is 0 Å². The standard InChI is InChI=1S/C6H14O2SeSi.C6H14O2SiTe.C6H14OSeSi.C6H14OSiTe.C5H12OSeSi.C5H12OSiTe.C5H12SeSi.C5H12SiTe.C4H10SeSi.C4H10SiTe/c1-6-4-9-10(5-6,7-2)8-3;1-6-4-9(7-2,8-3)10-5-6;1-6-4-8-9(3,5-6)7-2;1-6-4-8(3,7-2)9-5-6;1-5-3-7-8(4-5)6-2;1-5-3-7(6-2)8-4-5;1-5-3-6-7(2)4-5;1-5-3-6(2)7-4-5;2*1-4-2-5-6-3-4/h2*6H,4-5H2,1-3H3;2*6H,4-5H2,1-3H3;5,8H,3-4H2,1-2H3;5,7H,3-4H2,1-2H3;5,7H,3-4H2,1-2H3;5-6H,3-4H2,1-2H3;4H,2-3,6H2,1H3;4H,2-3,5H2,1H3. The molecular formula is C52H124O8Se5Si10Te5. The van der Waals surface area contributed by atoms with Gasteiger partial charge in [0.05, 0.1) is 0 Å². The summed E-state index contributed by atoms with van der Waals surface area (Å²) in [6.45, 7) is 31.9. The van der Waals surface area contributed by atoms with E-state index in [9.17, 15) is 0 Å². The molecule has 8 nitrogen and oxygen atoms in total. The zero-order valence-corrected chi connectivity index (χ0v) is 86.7. The van der Waals surface area contributed by atoms with Gasteiger partial charge in [0.25, 0.3) is 0 Å². The second kappa shape index (κ2) is 49.8. The molecule has 16 atom stereocenters. The molecule has 0 spiro atoms. The molecule has 16 unspecified atom stereocenters. The molecule has 0 aliphatic carbocycles. The molecule has 10 aliphatic heterocycles. The van der Waals surface area contributed by atoms with E-state index >= 15 is 0 Å². The molecule has 0 aromatic heterocycles. The van der Waals surface area contributed by atoms with Crippen molar-refractivity contribution in [1.29, 1.82) is 0 Å². The summed E-state index contributed by atoms with van der Waals surface area (Å²) in [5.41, 5.74) is 0. The first-order chi connectivity index (χ1) is 37.8. The van der Waals surface area contributed by atoms with E-state index in [1.807, 2.05) is 42.7 Å². The molecule has 0 bridgehead atoms. The van der Waals surface area contributed by atoms with Crippen molar-refractivity contribution in [3.8, 4) is 0 Å². The average molecular weight is 2190 g/mol. The Morgan fingerprint density at radius 2 is 1.06 bits per heavy atom. The molecule has 480 valence electrons. The molecule has 0 aromatic carbocycles. The van der Waals surface area contributed by atoms with Crippen molar-refractivity contribution in [2.45, 2.75) is 205 Å². The van der Waals surface area contributed by atoms with Crippen molar-refractivity contribution < 1.29 is 35.4 Å². The van der Waals surface area contributed by atoms with Gasteiger partial charge in [-0.25, -0.2) is 0 Å². The number of hydrogen-bond acceptors (Lipinski definition) is 8. The van der Waals surface area contributed by atoms with Crippen LogP contribution in [0.2, 0.25) is 136 Å². The molecular weight excluding hydrogens is 2070 g/mol. The third-order valence-corrected chi connectivity index (χ3v) is 127. The predicted molar refractivity (Wildman–Crippen MR) is 394 cm³/mol. The van der Waals surface area contributed by atoms with Gasteiger partial charge in [0.2, 0.25) is 0 Å². The second-order valence-electron chi connectivity index (χ2n) is 24.9. The predicted octanol–water partition coefficient (Wildman–Crippen LogP) is 8.93. The summed E-state index contributed by atoms with van der Waals surface area (Å²) in [7, 11) is 13.8. The normalized spacial score (nSPS) is 38.3. The molecule has 10 saturated heterocycles. The Morgan fingerprint density at radius 3 is 1.26 bits per heavy atom. The van der Waals surface area contributed by atoms with E-state index < -0.39 is 40.3 Å². The summed E-state index contributed by atoms with van der Waals surface area (Å²) in [6, 6.07) is 14.8. The molecule has 10 fully saturated rings. The molecule has 0 amide bonds. The van der Waals surface area contributed by atoms with E-state index in [1.54, 1.807) is 62.4 Å². The van der Waals surface area contributed by atoms with Gasteiger partial charge in [0.1, 0.15) is 0 Å². The fraction of sp³-hybridized carbons (Fsp3) is 1.00. The van der Waals surface area contributed by atoms with E-state index in [2.05, 4.69) is 95.4 Å². The van der Waals surface area contributed by atoms with Gasteiger partial charge in [-0.05, 0) is 0 Å². The quantitative estimate of drug-likeness (QED) is 0.224. The van der Waals surface area contributed by atoms with Crippen LogP contribution >= 0.6 is 0 Å². The minimum atomic E-state index is -1.58. The summed E-state index contributed by atoms with van der Waals surface area (Å²) in [5.74, 6) is 9.24. The zero-order valence-electron chi connectivity index (χ0n) is 55.0. The molecule has 0 N–H and O–H groups in total. The van der Waals surface area contributed by atoms with Gasteiger partial charge in [0, 0.05) is 0 Å². The van der Waals surface area contributed by atoms with Gasteiger partial charge in [0.15, 0.2) is 0 Å². The minimum absolute atomic E-state index is 0.0227. The first-order valence-corrected chi connectivity index (χ1v) is 99.8. The summed E-state index contributed by atoms with van der Waals surface area (Å²) >= 11 is 6.85. The van der Waals surface area contributed by atoms with Crippen LogP contribution in [0.1, 0.15) is 69.2 Å². The molecule has 80 heavy (non-hydrogen) atoms. The molecule has 10 heterocycles. The fourth-order valence-corrected chi connectivity index (χ4v) is 125. The third kappa shape index (κ3) is 40.7. The van der Waals surface area contributed by atoms with Crippen molar-refractivity contribution in [2.75, 3.05) is 56.9 Å². The Hall–Kier alpha value is 8.39. The van der Waals surface area contributed by atoms with Gasteiger partial charge in [-0.1, -0.05) is 0 Å². The van der Waals surface area contributed by atoms with Gasteiger partial charge in [-0.15, -0.1) is 0 Å². The van der Waals surface area contributed by atoms with E-state index in [0.717, 1.165) is 96.2 Å². The Balaban J connectivity index is 0.000000446. The van der Waals surface area contributed by atoms with E-state index in [-0.39, 0.29) is 33.9 Å². The SMILES string of the molecule is CC1C[Se][SiH](C)C1.CC1C[SiH2][Se]C1.CC1C[SiH2][Te]C1.CC1C[Te][SiH](C)C1.CO[SiH]1CC(C)C[Se]1.CO[SiH]1CC(C)C[Te]1.CO[Si]1(C)CC(C)C[Se]1.CO[Si]1(C)CC(C)C[Te]1.CO[Si]1(OC)CC(C)C[Se]1.CO[Si]1(OC)CC(C)C[Te]1. The maximum absolute atomic E-state index is 5.57. The van der Waals surface area contributed by atoms with E-state index in [4.69, 9.17) is 35.4 Å². The number of hydrogen-bond donors (Lipinski definition) is 0. The maximum atomic E-state index is 5.57. The van der Waals surface area contributed by atoms with E-state index in [1.165, 1.54) is 81.4 Å². The Kier molecular flexibility index (Phi) is 53.8. The fourth-order valence-electron chi connectivity index (χ4n) is 9.95. The van der Waals surface area contributed by atoms with Crippen LogP contribution in [0, 0.1) is 59.2 Å². The summed E-state index contributed by atoms with van der Waals surface area (Å²) in [5, 5.41) is 7.50. The Morgan fingerprint density at radius 1 is 0.463 bits per heavy atom. The van der Waals surface area contributed by atoms with Gasteiger partial charge >= 0.3 is 598 Å². The van der Waals surface area contributed by atoms with Gasteiger partial charge in [-0.3, -0.25) is 0 Å². The molecule has 0 saturated carbocycles. The summed E-state index contributed by atoms with van der Waals surface area (Å²) in [6.07, 6.45) is -1.49. The monoisotopic (exact) mass is 2210 g/mol. The second-order valence-corrected chi connectivity index (χ2v) is 130. The first-order valence-electron chi connectivity index (χ1n) is 30.3. The van der Waals surface area contributed by atoms with Crippen molar-refractivity contribution in [3.63, 3.8) is 0 Å².